The molecular weight excluding hydrogens is 232 g/mol. The third-order valence-electron chi connectivity index (χ3n) is 3.19. The molecule has 1 aromatic rings. The molecule has 0 radical (unpaired) electrons. The van der Waals surface area contributed by atoms with Gasteiger partial charge in [-0.05, 0) is 32.8 Å². The van der Waals surface area contributed by atoms with Crippen molar-refractivity contribution in [2.75, 3.05) is 6.61 Å². The van der Waals surface area contributed by atoms with Gasteiger partial charge in [-0.25, -0.2) is 0 Å². The van der Waals surface area contributed by atoms with Crippen molar-refractivity contribution in [3.63, 3.8) is 0 Å². The maximum Gasteiger partial charge on any atom is 0.268 e. The summed E-state index contributed by atoms with van der Waals surface area (Å²) < 4.78 is 0. The number of ketones is 1. The van der Waals surface area contributed by atoms with Crippen molar-refractivity contribution in [2.45, 2.75) is 39.2 Å². The quantitative estimate of drug-likeness (QED) is 0.671. The predicted molar refractivity (Wildman–Crippen MR) is 68.7 cm³/mol. The van der Waals surface area contributed by atoms with Crippen LogP contribution in [0, 0.1) is 0 Å². The summed E-state index contributed by atoms with van der Waals surface area (Å²) in [5.41, 5.74) is 0.408. The van der Waals surface area contributed by atoms with Gasteiger partial charge in [0.25, 0.3) is 5.91 Å². The molecule has 1 unspecified atom stereocenters. The Morgan fingerprint density at radius 3 is 2.61 bits per heavy atom. The molecule has 3 N–H and O–H groups in total. The van der Waals surface area contributed by atoms with Gasteiger partial charge in [0.1, 0.15) is 5.69 Å². The number of H-pyrrole nitrogens is 1. The SMILES string of the molecule is CCC(C)(CCO)NC(=O)c1cc(C(C)=O)c[nH]1. The van der Waals surface area contributed by atoms with Crippen LogP contribution in [0.4, 0.5) is 0 Å². The summed E-state index contributed by atoms with van der Waals surface area (Å²) in [6.07, 6.45) is 2.74. The first-order chi connectivity index (χ1) is 8.41. The molecule has 1 aromatic heterocycles. The molecule has 0 fully saturated rings. The summed E-state index contributed by atoms with van der Waals surface area (Å²) in [4.78, 5) is 25.9. The average Bonchev–Trinajstić information content (AvgIpc) is 2.78. The van der Waals surface area contributed by atoms with Crippen LogP contribution in [0.3, 0.4) is 0 Å². The second-order valence-electron chi connectivity index (χ2n) is 4.70. The van der Waals surface area contributed by atoms with Crippen molar-refractivity contribution < 1.29 is 14.7 Å². The number of Topliss-reactive ketones (excluding diaryl/α,β-unsaturated/α-hetero) is 1. The van der Waals surface area contributed by atoms with Crippen molar-refractivity contribution in [3.05, 3.63) is 23.5 Å². The van der Waals surface area contributed by atoms with Crippen molar-refractivity contribution in [2.24, 2.45) is 0 Å². The fraction of sp³-hybridized carbons (Fsp3) is 0.538. The lowest BCUT2D eigenvalue weighted by atomic mass is 9.95. The third kappa shape index (κ3) is 3.43. The zero-order valence-electron chi connectivity index (χ0n) is 11.0. The van der Waals surface area contributed by atoms with Crippen LogP contribution in [-0.2, 0) is 0 Å². The number of hydrogen-bond acceptors (Lipinski definition) is 3. The smallest absolute Gasteiger partial charge is 0.268 e. The van der Waals surface area contributed by atoms with Crippen molar-refractivity contribution >= 4 is 11.7 Å². The normalized spacial score (nSPS) is 14.0. The number of hydrogen-bond donors (Lipinski definition) is 3. The topological polar surface area (TPSA) is 82.2 Å². The minimum absolute atomic E-state index is 0.0219. The predicted octanol–water partition coefficient (Wildman–Crippen LogP) is 1.50. The molecule has 0 aliphatic heterocycles. The largest absolute Gasteiger partial charge is 0.396 e. The molecular formula is C13H20N2O3. The maximum absolute atomic E-state index is 12.0. The average molecular weight is 252 g/mol. The molecule has 100 valence electrons. The van der Waals surface area contributed by atoms with Crippen LogP contribution in [-0.4, -0.2) is 33.9 Å². The number of aromatic amines is 1. The molecule has 1 rings (SSSR count). The Morgan fingerprint density at radius 2 is 2.17 bits per heavy atom. The van der Waals surface area contributed by atoms with Gasteiger partial charge in [0, 0.05) is 23.9 Å². The van der Waals surface area contributed by atoms with Gasteiger partial charge in [0.2, 0.25) is 0 Å². The van der Waals surface area contributed by atoms with Crippen molar-refractivity contribution in [3.8, 4) is 0 Å². The zero-order valence-corrected chi connectivity index (χ0v) is 11.0. The van der Waals surface area contributed by atoms with Gasteiger partial charge in [0.05, 0.1) is 0 Å². The number of aromatic nitrogens is 1. The highest BCUT2D eigenvalue weighted by molar-refractivity contribution is 5.99. The summed E-state index contributed by atoms with van der Waals surface area (Å²) >= 11 is 0. The van der Waals surface area contributed by atoms with E-state index in [4.69, 9.17) is 5.11 Å². The van der Waals surface area contributed by atoms with E-state index < -0.39 is 5.54 Å². The first-order valence-electron chi connectivity index (χ1n) is 6.04. The van der Waals surface area contributed by atoms with E-state index in [1.165, 1.54) is 19.2 Å². The Kier molecular flexibility index (Phi) is 4.67. The van der Waals surface area contributed by atoms with E-state index in [9.17, 15) is 9.59 Å². The van der Waals surface area contributed by atoms with E-state index in [0.717, 1.165) is 6.42 Å². The first kappa shape index (κ1) is 14.4. The Hall–Kier alpha value is -1.62. The van der Waals surface area contributed by atoms with E-state index in [0.29, 0.717) is 17.7 Å². The molecule has 0 bridgehead atoms. The van der Waals surface area contributed by atoms with Crippen LogP contribution >= 0.6 is 0 Å². The van der Waals surface area contributed by atoms with E-state index in [-0.39, 0.29) is 18.3 Å². The van der Waals surface area contributed by atoms with Gasteiger partial charge in [-0.1, -0.05) is 6.92 Å². The van der Waals surface area contributed by atoms with Crippen LogP contribution in [0.1, 0.15) is 54.5 Å². The molecule has 0 aromatic carbocycles. The third-order valence-corrected chi connectivity index (χ3v) is 3.19. The number of aliphatic hydroxyl groups excluding tert-OH is 1. The number of carbonyl (C=O) groups excluding carboxylic acids is 2. The molecule has 1 heterocycles. The Bertz CT molecular complexity index is 439. The number of aliphatic hydroxyl groups is 1. The highest BCUT2D eigenvalue weighted by Gasteiger charge is 2.24. The maximum atomic E-state index is 12.0. The van der Waals surface area contributed by atoms with Crippen LogP contribution in [0.25, 0.3) is 0 Å². The number of nitrogens with one attached hydrogen (secondary N) is 2. The molecule has 1 atom stereocenters. The van der Waals surface area contributed by atoms with Crippen molar-refractivity contribution in [1.82, 2.24) is 10.3 Å². The van der Waals surface area contributed by atoms with E-state index in [2.05, 4.69) is 10.3 Å². The lowest BCUT2D eigenvalue weighted by molar-refractivity contribution is 0.0881. The Morgan fingerprint density at radius 1 is 1.50 bits per heavy atom. The summed E-state index contributed by atoms with van der Waals surface area (Å²) in [5.74, 6) is -0.348. The number of carbonyl (C=O) groups is 2. The van der Waals surface area contributed by atoms with Gasteiger partial charge in [-0.3, -0.25) is 9.59 Å². The minimum Gasteiger partial charge on any atom is -0.396 e. The van der Waals surface area contributed by atoms with Crippen LogP contribution in [0.15, 0.2) is 12.3 Å². The molecule has 0 spiro atoms. The highest BCUT2D eigenvalue weighted by Crippen LogP contribution is 2.15. The summed E-state index contributed by atoms with van der Waals surface area (Å²) in [5, 5.41) is 11.9. The fourth-order valence-electron chi connectivity index (χ4n) is 1.64. The van der Waals surface area contributed by atoms with Crippen LogP contribution in [0.2, 0.25) is 0 Å². The summed E-state index contributed by atoms with van der Waals surface area (Å²) in [6, 6.07) is 1.53. The molecule has 0 saturated heterocycles. The Balaban J connectivity index is 2.77. The van der Waals surface area contributed by atoms with Gasteiger partial charge >= 0.3 is 0 Å². The number of amides is 1. The first-order valence-corrected chi connectivity index (χ1v) is 6.04. The molecule has 0 aliphatic rings. The second-order valence-corrected chi connectivity index (χ2v) is 4.70. The highest BCUT2D eigenvalue weighted by atomic mass is 16.3. The molecule has 1 amide bonds. The lowest BCUT2D eigenvalue weighted by Gasteiger charge is -2.28. The zero-order chi connectivity index (χ0) is 13.8. The van der Waals surface area contributed by atoms with Gasteiger partial charge < -0.3 is 15.4 Å². The summed E-state index contributed by atoms with van der Waals surface area (Å²) in [7, 11) is 0. The second kappa shape index (κ2) is 5.82. The lowest BCUT2D eigenvalue weighted by Crippen LogP contribution is -2.46. The number of rotatable bonds is 6. The van der Waals surface area contributed by atoms with Gasteiger partial charge in [0.15, 0.2) is 5.78 Å². The Labute approximate surface area is 107 Å². The molecule has 0 aliphatic carbocycles. The van der Waals surface area contributed by atoms with Gasteiger partial charge in [-0.2, -0.15) is 0 Å². The van der Waals surface area contributed by atoms with Crippen molar-refractivity contribution in [1.29, 1.82) is 0 Å². The monoisotopic (exact) mass is 252 g/mol. The minimum atomic E-state index is -0.437. The van der Waals surface area contributed by atoms with E-state index in [1.54, 1.807) is 0 Å². The van der Waals surface area contributed by atoms with E-state index >= 15 is 0 Å². The summed E-state index contributed by atoms with van der Waals surface area (Å²) in [6.45, 7) is 5.31. The van der Waals surface area contributed by atoms with Gasteiger partial charge in [-0.15, -0.1) is 0 Å². The standard InChI is InChI=1S/C13H20N2O3/c1-4-13(3,5-6-16)15-12(18)11-7-10(8-14-11)9(2)17/h7-8,14,16H,4-6H2,1-3H3,(H,15,18). The van der Waals surface area contributed by atoms with E-state index in [1.807, 2.05) is 13.8 Å². The van der Waals surface area contributed by atoms with Crippen LogP contribution < -0.4 is 5.32 Å². The van der Waals surface area contributed by atoms with Crippen LogP contribution in [0.5, 0.6) is 0 Å². The molecule has 5 nitrogen and oxygen atoms in total. The molecule has 5 heteroatoms. The molecule has 0 saturated carbocycles. The fourth-order valence-corrected chi connectivity index (χ4v) is 1.64. The molecule has 18 heavy (non-hydrogen) atoms.